The van der Waals surface area contributed by atoms with Gasteiger partial charge >= 0.3 is 0 Å². The van der Waals surface area contributed by atoms with Gasteiger partial charge in [-0.25, -0.2) is 0 Å². The Balaban J connectivity index is 1.64. The van der Waals surface area contributed by atoms with Crippen LogP contribution in [0, 0.1) is 0 Å². The lowest BCUT2D eigenvalue weighted by Gasteiger charge is -2.33. The first kappa shape index (κ1) is 17.1. The van der Waals surface area contributed by atoms with Crippen LogP contribution in [0.4, 0.5) is 0 Å². The number of amides is 2. The number of piperidine rings is 1. The molecule has 1 N–H and O–H groups in total. The second-order valence-electron chi connectivity index (χ2n) is 6.17. The van der Waals surface area contributed by atoms with Crippen LogP contribution in [0.25, 0.3) is 0 Å². The van der Waals surface area contributed by atoms with Gasteiger partial charge in [0.2, 0.25) is 12.3 Å². The quantitative estimate of drug-likeness (QED) is 0.899. The highest BCUT2D eigenvalue weighted by Gasteiger charge is 2.30. The van der Waals surface area contributed by atoms with Gasteiger partial charge in [0.05, 0.1) is 6.04 Å². The van der Waals surface area contributed by atoms with Crippen molar-refractivity contribution in [2.45, 2.75) is 38.1 Å². The van der Waals surface area contributed by atoms with Crippen molar-refractivity contribution in [2.75, 3.05) is 13.6 Å². The van der Waals surface area contributed by atoms with Gasteiger partial charge in [-0.2, -0.15) is 4.98 Å². The number of likely N-dealkylation sites (tertiary alicyclic amines) is 1. The maximum absolute atomic E-state index is 12.7. The highest BCUT2D eigenvalue weighted by Crippen LogP contribution is 2.29. The van der Waals surface area contributed by atoms with Crippen LogP contribution in [0.3, 0.4) is 0 Å². The Kier molecular flexibility index (Phi) is 5.42. The van der Waals surface area contributed by atoms with Gasteiger partial charge in [0.15, 0.2) is 5.82 Å². The fourth-order valence-corrected chi connectivity index (χ4v) is 3.23. The molecule has 0 saturated carbocycles. The lowest BCUT2D eigenvalue weighted by atomic mass is 10.00. The molecular weight excluding hydrogens is 320 g/mol. The minimum atomic E-state index is -0.124. The van der Waals surface area contributed by atoms with E-state index in [0.717, 1.165) is 31.4 Å². The molecule has 0 bridgehead atoms. The minimum absolute atomic E-state index is 0.0832. The monoisotopic (exact) mass is 342 g/mol. The number of benzene rings is 1. The molecule has 0 unspecified atom stereocenters. The zero-order valence-electron chi connectivity index (χ0n) is 14.3. The predicted octanol–water partition coefficient (Wildman–Crippen LogP) is 2.12. The normalized spacial score (nSPS) is 17.3. The second kappa shape index (κ2) is 7.92. The summed E-state index contributed by atoms with van der Waals surface area (Å²) >= 11 is 0. The number of aryl methyl sites for hydroxylation is 1. The SMILES string of the molecule is CNC(=O)c1cccc(CCC(=O)N2CCCC[C@@H]2c2ncon2)c1. The molecule has 0 radical (unpaired) electrons. The summed E-state index contributed by atoms with van der Waals surface area (Å²) in [6.45, 7) is 0.719. The number of carbonyl (C=O) groups is 2. The molecule has 7 heteroatoms. The molecule has 0 spiro atoms. The van der Waals surface area contributed by atoms with Crippen LogP contribution >= 0.6 is 0 Å². The first-order valence-corrected chi connectivity index (χ1v) is 8.56. The summed E-state index contributed by atoms with van der Waals surface area (Å²) < 4.78 is 4.83. The van der Waals surface area contributed by atoms with Gasteiger partial charge in [0.25, 0.3) is 5.91 Å². The molecule has 3 rings (SSSR count). The Bertz CT molecular complexity index is 730. The minimum Gasteiger partial charge on any atom is -0.355 e. The Morgan fingerprint density at radius 1 is 1.36 bits per heavy atom. The van der Waals surface area contributed by atoms with E-state index in [9.17, 15) is 9.59 Å². The summed E-state index contributed by atoms with van der Waals surface area (Å²) in [5.41, 5.74) is 1.58. The van der Waals surface area contributed by atoms with E-state index in [2.05, 4.69) is 15.5 Å². The van der Waals surface area contributed by atoms with Gasteiger partial charge in [-0.15, -0.1) is 0 Å². The Labute approximate surface area is 146 Å². The third kappa shape index (κ3) is 4.04. The number of nitrogens with zero attached hydrogens (tertiary/aromatic N) is 3. The van der Waals surface area contributed by atoms with Crippen molar-refractivity contribution in [3.63, 3.8) is 0 Å². The molecular formula is C18H22N4O3. The van der Waals surface area contributed by atoms with Crippen LogP contribution in [0.2, 0.25) is 0 Å². The summed E-state index contributed by atoms with van der Waals surface area (Å²) in [5, 5.41) is 6.52. The third-order valence-electron chi connectivity index (χ3n) is 4.54. The van der Waals surface area contributed by atoms with E-state index in [1.807, 2.05) is 23.1 Å². The topological polar surface area (TPSA) is 88.3 Å². The van der Waals surface area contributed by atoms with E-state index in [-0.39, 0.29) is 17.9 Å². The maximum atomic E-state index is 12.7. The zero-order chi connectivity index (χ0) is 17.6. The molecule has 1 aromatic heterocycles. The second-order valence-corrected chi connectivity index (χ2v) is 6.17. The average molecular weight is 342 g/mol. The highest BCUT2D eigenvalue weighted by molar-refractivity contribution is 5.94. The molecule has 132 valence electrons. The molecule has 1 aliphatic rings. The van der Waals surface area contributed by atoms with Gasteiger partial charge in [-0.05, 0) is 43.4 Å². The zero-order valence-corrected chi connectivity index (χ0v) is 14.3. The summed E-state index contributed by atoms with van der Waals surface area (Å²) in [5.74, 6) is 0.538. The van der Waals surface area contributed by atoms with E-state index >= 15 is 0 Å². The smallest absolute Gasteiger partial charge is 0.251 e. The largest absolute Gasteiger partial charge is 0.355 e. The predicted molar refractivity (Wildman–Crippen MR) is 90.8 cm³/mol. The van der Waals surface area contributed by atoms with Crippen molar-refractivity contribution in [1.29, 1.82) is 0 Å². The maximum Gasteiger partial charge on any atom is 0.251 e. The van der Waals surface area contributed by atoms with Gasteiger partial charge in [-0.3, -0.25) is 9.59 Å². The summed E-state index contributed by atoms with van der Waals surface area (Å²) in [4.78, 5) is 30.4. The van der Waals surface area contributed by atoms with Crippen molar-refractivity contribution in [2.24, 2.45) is 0 Å². The van der Waals surface area contributed by atoms with E-state index in [4.69, 9.17) is 4.52 Å². The highest BCUT2D eigenvalue weighted by atomic mass is 16.5. The molecule has 0 aliphatic carbocycles. The molecule has 2 heterocycles. The molecule has 7 nitrogen and oxygen atoms in total. The number of hydrogen-bond donors (Lipinski definition) is 1. The number of carbonyl (C=O) groups excluding carboxylic acids is 2. The first-order valence-electron chi connectivity index (χ1n) is 8.56. The van der Waals surface area contributed by atoms with Gasteiger partial charge < -0.3 is 14.7 Å². The van der Waals surface area contributed by atoms with Crippen LogP contribution in [-0.4, -0.2) is 40.4 Å². The number of hydrogen-bond acceptors (Lipinski definition) is 5. The fraction of sp³-hybridized carbons (Fsp3) is 0.444. The van der Waals surface area contributed by atoms with E-state index in [1.165, 1.54) is 6.39 Å². The van der Waals surface area contributed by atoms with Crippen LogP contribution in [0.15, 0.2) is 35.2 Å². The van der Waals surface area contributed by atoms with E-state index in [1.54, 1.807) is 13.1 Å². The molecule has 1 aromatic carbocycles. The van der Waals surface area contributed by atoms with E-state index in [0.29, 0.717) is 24.2 Å². The number of aromatic nitrogens is 2. The van der Waals surface area contributed by atoms with Crippen LogP contribution in [-0.2, 0) is 11.2 Å². The van der Waals surface area contributed by atoms with Gasteiger partial charge in [0.1, 0.15) is 0 Å². The van der Waals surface area contributed by atoms with Crippen molar-refractivity contribution in [3.05, 3.63) is 47.6 Å². The van der Waals surface area contributed by atoms with Gasteiger partial charge in [0, 0.05) is 25.6 Å². The first-order chi connectivity index (χ1) is 12.2. The van der Waals surface area contributed by atoms with Crippen molar-refractivity contribution in [3.8, 4) is 0 Å². The molecule has 25 heavy (non-hydrogen) atoms. The van der Waals surface area contributed by atoms with Crippen LogP contribution in [0.1, 0.15) is 53.5 Å². The molecule has 1 atom stereocenters. The number of nitrogens with one attached hydrogen (secondary N) is 1. The molecule has 2 aromatic rings. The van der Waals surface area contributed by atoms with Crippen LogP contribution in [0.5, 0.6) is 0 Å². The fourth-order valence-electron chi connectivity index (χ4n) is 3.23. The molecule has 1 saturated heterocycles. The van der Waals surface area contributed by atoms with Crippen molar-refractivity contribution >= 4 is 11.8 Å². The summed E-state index contributed by atoms with van der Waals surface area (Å²) in [7, 11) is 1.60. The number of rotatable bonds is 5. The summed E-state index contributed by atoms with van der Waals surface area (Å²) in [6, 6.07) is 7.28. The Hall–Kier alpha value is -2.70. The standard InChI is InChI=1S/C18H22N4O3/c1-19-18(24)14-6-4-5-13(11-14)8-9-16(23)22-10-3-2-7-15(22)17-20-12-25-21-17/h4-6,11-12,15H,2-3,7-10H2,1H3,(H,19,24)/t15-/m1/s1. The Morgan fingerprint density at radius 2 is 2.24 bits per heavy atom. The average Bonchev–Trinajstić information content (AvgIpc) is 3.20. The van der Waals surface area contributed by atoms with Crippen molar-refractivity contribution < 1.29 is 14.1 Å². The van der Waals surface area contributed by atoms with Crippen LogP contribution < -0.4 is 5.32 Å². The summed E-state index contributed by atoms with van der Waals surface area (Å²) in [6.07, 6.45) is 5.20. The van der Waals surface area contributed by atoms with Gasteiger partial charge in [-0.1, -0.05) is 17.3 Å². The molecule has 2 amide bonds. The van der Waals surface area contributed by atoms with Crippen molar-refractivity contribution in [1.82, 2.24) is 20.4 Å². The molecule has 1 fully saturated rings. The molecule has 1 aliphatic heterocycles. The van der Waals surface area contributed by atoms with E-state index < -0.39 is 0 Å². The lowest BCUT2D eigenvalue weighted by Crippen LogP contribution is -2.39. The lowest BCUT2D eigenvalue weighted by molar-refractivity contribution is -0.135. The Morgan fingerprint density at radius 3 is 3.00 bits per heavy atom. The third-order valence-corrected chi connectivity index (χ3v) is 4.54.